The number of sulfonamides is 1. The fourth-order valence-electron chi connectivity index (χ4n) is 2.88. The Balaban J connectivity index is 0.000000275. The zero-order chi connectivity index (χ0) is 27.0. The summed E-state index contributed by atoms with van der Waals surface area (Å²) in [5.41, 5.74) is 3.72. The molecule has 3 aromatic heterocycles. The lowest BCUT2D eigenvalue weighted by Crippen LogP contribution is -2.09. The first-order valence-electron chi connectivity index (χ1n) is 9.56. The van der Waals surface area contributed by atoms with E-state index in [-0.39, 0.29) is 21.1 Å². The van der Waals surface area contributed by atoms with Gasteiger partial charge in [-0.3, -0.25) is 0 Å². The third-order valence-electron chi connectivity index (χ3n) is 4.68. The minimum atomic E-state index is -4.54. The Morgan fingerprint density at radius 3 is 2.19 bits per heavy atom. The Labute approximate surface area is 203 Å². The van der Waals surface area contributed by atoms with Gasteiger partial charge in [-0.15, -0.1) is 11.3 Å². The number of benzene rings is 1. The van der Waals surface area contributed by atoms with Crippen molar-refractivity contribution in [3.8, 4) is 11.3 Å². The van der Waals surface area contributed by atoms with Crippen LogP contribution in [0.1, 0.15) is 32.9 Å². The minimum absolute atomic E-state index is 0.0838. The van der Waals surface area contributed by atoms with Crippen molar-refractivity contribution in [3.05, 3.63) is 64.3 Å². The van der Waals surface area contributed by atoms with E-state index in [0.29, 0.717) is 10.2 Å². The van der Waals surface area contributed by atoms with Crippen molar-refractivity contribution in [1.82, 2.24) is 14.6 Å². The lowest BCUT2D eigenvalue weighted by Gasteiger charge is -2.10. The van der Waals surface area contributed by atoms with Gasteiger partial charge >= 0.3 is 12.1 Å². The van der Waals surface area contributed by atoms with E-state index in [2.05, 4.69) is 10.1 Å². The fourth-order valence-corrected chi connectivity index (χ4v) is 4.67. The van der Waals surface area contributed by atoms with Gasteiger partial charge in [0.2, 0.25) is 10.0 Å². The van der Waals surface area contributed by atoms with E-state index >= 15 is 0 Å². The molecule has 36 heavy (non-hydrogen) atoms. The smallest absolute Gasteiger partial charge is 0.416 e. The van der Waals surface area contributed by atoms with E-state index in [0.717, 1.165) is 52.7 Å². The number of thiophene rings is 1. The van der Waals surface area contributed by atoms with E-state index in [1.54, 1.807) is 6.92 Å². The van der Waals surface area contributed by atoms with Crippen molar-refractivity contribution in [2.45, 2.75) is 23.7 Å². The van der Waals surface area contributed by atoms with E-state index in [1.807, 2.05) is 0 Å². The SMILES string of the molecule is Cc1sc(S(N)(=O)=O)cc1N.O=C(O)c1cnn2c(C(F)F)cc(-c3ccc(C(F)(F)F)cc3)nc12. The van der Waals surface area contributed by atoms with Crippen LogP contribution in [0, 0.1) is 6.92 Å². The third-order valence-corrected chi connectivity index (χ3v) is 7.16. The maximum atomic E-state index is 13.2. The van der Waals surface area contributed by atoms with Crippen LogP contribution in [0.2, 0.25) is 0 Å². The summed E-state index contributed by atoms with van der Waals surface area (Å²) in [6.45, 7) is 1.74. The average molecular weight is 550 g/mol. The van der Waals surface area contributed by atoms with Crippen LogP contribution in [0.15, 0.2) is 46.8 Å². The summed E-state index contributed by atoms with van der Waals surface area (Å²) in [4.78, 5) is 15.9. The summed E-state index contributed by atoms with van der Waals surface area (Å²) in [6, 6.07) is 6.06. The lowest BCUT2D eigenvalue weighted by atomic mass is 10.1. The van der Waals surface area contributed by atoms with E-state index < -0.39 is 45.4 Å². The van der Waals surface area contributed by atoms with Crippen molar-refractivity contribution in [2.75, 3.05) is 5.73 Å². The molecule has 0 bridgehead atoms. The van der Waals surface area contributed by atoms with Gasteiger partial charge in [0.1, 0.15) is 15.5 Å². The van der Waals surface area contributed by atoms with Gasteiger partial charge in [0.05, 0.1) is 17.5 Å². The molecule has 5 N–H and O–H groups in total. The first-order chi connectivity index (χ1) is 16.6. The first kappa shape index (κ1) is 27.0. The second-order valence-corrected chi connectivity index (χ2v) is 10.2. The number of fused-ring (bicyclic) bond motifs is 1. The van der Waals surface area contributed by atoms with Crippen LogP contribution in [-0.2, 0) is 16.2 Å². The lowest BCUT2D eigenvalue weighted by molar-refractivity contribution is -0.137. The van der Waals surface area contributed by atoms with Crippen molar-refractivity contribution < 1.29 is 40.3 Å². The number of halogens is 5. The van der Waals surface area contributed by atoms with Gasteiger partial charge in [0.15, 0.2) is 5.65 Å². The molecule has 0 aliphatic rings. The highest BCUT2D eigenvalue weighted by Gasteiger charge is 2.30. The largest absolute Gasteiger partial charge is 0.477 e. The summed E-state index contributed by atoms with van der Waals surface area (Å²) in [7, 11) is -3.57. The maximum absolute atomic E-state index is 13.2. The van der Waals surface area contributed by atoms with Crippen LogP contribution in [0.25, 0.3) is 16.9 Å². The maximum Gasteiger partial charge on any atom is 0.416 e. The van der Waals surface area contributed by atoms with Crippen molar-refractivity contribution in [2.24, 2.45) is 5.14 Å². The highest BCUT2D eigenvalue weighted by molar-refractivity contribution is 7.91. The Kier molecular flexibility index (Phi) is 7.33. The fraction of sp³-hybridized carbons (Fsp3) is 0.150. The number of primary sulfonamides is 1. The zero-order valence-corrected chi connectivity index (χ0v) is 19.6. The molecule has 4 rings (SSSR count). The standard InChI is InChI=1S/C15H8F5N3O2.C5H8N2O2S2/c16-12(17)11-5-10(7-1-3-8(4-2-7)15(18,19)20)22-13-9(14(24)25)6-21-23(11)13;1-3-4(6)2-5(10-3)11(7,8)9/h1-6,12H,(H,24,25);2H,6H2,1H3,(H2,7,8,9). The third kappa shape index (κ3) is 5.77. The molecule has 0 aliphatic heterocycles. The summed E-state index contributed by atoms with van der Waals surface area (Å²) >= 11 is 1.08. The molecule has 9 nitrogen and oxygen atoms in total. The molecule has 192 valence electrons. The number of carboxylic acids is 1. The summed E-state index contributed by atoms with van der Waals surface area (Å²) in [5, 5.41) is 17.5. The molecule has 0 saturated heterocycles. The van der Waals surface area contributed by atoms with Gasteiger partial charge in [-0.1, -0.05) is 12.1 Å². The Bertz CT molecular complexity index is 1510. The topological polar surface area (TPSA) is 154 Å². The predicted molar refractivity (Wildman–Crippen MR) is 120 cm³/mol. The van der Waals surface area contributed by atoms with Crippen LogP contribution in [-0.4, -0.2) is 34.1 Å². The summed E-state index contributed by atoms with van der Waals surface area (Å²) in [6.07, 6.45) is -6.64. The zero-order valence-electron chi connectivity index (χ0n) is 18.0. The molecular weight excluding hydrogens is 533 g/mol. The number of hydrogen-bond acceptors (Lipinski definition) is 7. The van der Waals surface area contributed by atoms with Crippen molar-refractivity contribution in [3.63, 3.8) is 0 Å². The minimum Gasteiger partial charge on any atom is -0.477 e. The Morgan fingerprint density at radius 1 is 1.17 bits per heavy atom. The second-order valence-electron chi connectivity index (χ2n) is 7.16. The highest BCUT2D eigenvalue weighted by Crippen LogP contribution is 2.32. The van der Waals surface area contributed by atoms with Crippen LogP contribution in [0.5, 0.6) is 0 Å². The molecule has 0 fully saturated rings. The molecule has 0 spiro atoms. The molecule has 16 heteroatoms. The van der Waals surface area contributed by atoms with Crippen molar-refractivity contribution >= 4 is 38.7 Å². The monoisotopic (exact) mass is 549 g/mol. The van der Waals surface area contributed by atoms with E-state index in [4.69, 9.17) is 16.0 Å². The van der Waals surface area contributed by atoms with Gasteiger partial charge in [-0.25, -0.2) is 36.6 Å². The second kappa shape index (κ2) is 9.79. The number of carbonyl (C=O) groups is 1. The number of nitrogens with two attached hydrogens (primary N) is 2. The molecule has 0 aliphatic carbocycles. The number of carboxylic acid groups (broad SMARTS) is 1. The van der Waals surface area contributed by atoms with Gasteiger partial charge in [-0.2, -0.15) is 18.3 Å². The molecule has 0 saturated carbocycles. The number of nitrogens with zero attached hydrogens (tertiary/aromatic N) is 3. The number of aromatic carboxylic acids is 1. The Morgan fingerprint density at radius 2 is 1.78 bits per heavy atom. The molecule has 4 aromatic rings. The van der Waals surface area contributed by atoms with Gasteiger partial charge in [-0.05, 0) is 31.2 Å². The normalized spacial score (nSPS) is 12.0. The molecule has 0 radical (unpaired) electrons. The molecule has 0 unspecified atom stereocenters. The Hall–Kier alpha value is -3.63. The van der Waals surface area contributed by atoms with E-state index in [9.17, 15) is 35.2 Å². The number of anilines is 1. The van der Waals surface area contributed by atoms with Crippen LogP contribution in [0.4, 0.5) is 27.6 Å². The number of alkyl halides is 5. The van der Waals surface area contributed by atoms with Crippen LogP contribution in [0.3, 0.4) is 0 Å². The number of nitrogen functional groups attached to an aromatic ring is 1. The average Bonchev–Trinajstić information content (AvgIpc) is 3.36. The number of rotatable bonds is 4. The summed E-state index contributed by atoms with van der Waals surface area (Å²) in [5.74, 6) is -1.41. The number of aryl methyl sites for hydroxylation is 1. The van der Waals surface area contributed by atoms with Gasteiger partial charge < -0.3 is 10.8 Å². The van der Waals surface area contributed by atoms with Crippen molar-refractivity contribution in [1.29, 1.82) is 0 Å². The highest BCUT2D eigenvalue weighted by atomic mass is 32.2. The number of aromatic nitrogens is 3. The van der Waals surface area contributed by atoms with Crippen LogP contribution >= 0.6 is 11.3 Å². The van der Waals surface area contributed by atoms with Gasteiger partial charge in [0.25, 0.3) is 6.43 Å². The summed E-state index contributed by atoms with van der Waals surface area (Å²) < 4.78 is 86.6. The van der Waals surface area contributed by atoms with Gasteiger partial charge in [0, 0.05) is 16.1 Å². The predicted octanol–water partition coefficient (Wildman–Crippen LogP) is 4.34. The quantitative estimate of drug-likeness (QED) is 0.320. The molecule has 3 heterocycles. The molecule has 0 amide bonds. The first-order valence-corrected chi connectivity index (χ1v) is 11.9. The van der Waals surface area contributed by atoms with Crippen LogP contribution < -0.4 is 10.9 Å². The molecule has 1 aromatic carbocycles. The molecular formula is C20H16F5N5O4S2. The number of hydrogen-bond donors (Lipinski definition) is 3. The van der Waals surface area contributed by atoms with E-state index in [1.165, 1.54) is 6.07 Å². The molecule has 0 atom stereocenters.